The van der Waals surface area contributed by atoms with E-state index < -0.39 is 0 Å². The van der Waals surface area contributed by atoms with E-state index in [0.717, 1.165) is 29.7 Å². The van der Waals surface area contributed by atoms with E-state index in [0.29, 0.717) is 23.5 Å². The summed E-state index contributed by atoms with van der Waals surface area (Å²) in [6.45, 7) is 4.15. The van der Waals surface area contributed by atoms with Gasteiger partial charge < -0.3 is 15.9 Å². The van der Waals surface area contributed by atoms with E-state index >= 15 is 0 Å². The molecule has 160 valence electrons. The number of carbonyl (C=O) groups excluding carboxylic acids is 1. The molecular formula is C24H22N6O2. The van der Waals surface area contributed by atoms with Crippen molar-refractivity contribution in [3.05, 3.63) is 89.9 Å². The molecule has 0 radical (unpaired) electrons. The fourth-order valence-electron chi connectivity index (χ4n) is 3.06. The van der Waals surface area contributed by atoms with Gasteiger partial charge in [0.15, 0.2) is 5.49 Å². The van der Waals surface area contributed by atoms with Crippen LogP contribution in [0.1, 0.15) is 24.1 Å². The molecule has 8 nitrogen and oxygen atoms in total. The quantitative estimate of drug-likeness (QED) is 0.563. The minimum absolute atomic E-state index is 0.0501. The Morgan fingerprint density at radius 1 is 1.25 bits per heavy atom. The van der Waals surface area contributed by atoms with Gasteiger partial charge in [-0.15, -0.1) is 0 Å². The Hall–Kier alpha value is -4.38. The first-order chi connectivity index (χ1) is 15.5. The van der Waals surface area contributed by atoms with Gasteiger partial charge in [-0.1, -0.05) is 18.7 Å². The Morgan fingerprint density at radius 2 is 2.03 bits per heavy atom. The van der Waals surface area contributed by atoms with E-state index in [1.54, 1.807) is 18.3 Å². The molecule has 4 rings (SSSR count). The van der Waals surface area contributed by atoms with Gasteiger partial charge in [0.1, 0.15) is 29.9 Å². The van der Waals surface area contributed by atoms with Gasteiger partial charge >= 0.3 is 0 Å². The van der Waals surface area contributed by atoms with Crippen molar-refractivity contribution in [1.29, 1.82) is 5.26 Å². The predicted molar refractivity (Wildman–Crippen MR) is 119 cm³/mol. The lowest BCUT2D eigenvalue weighted by Crippen LogP contribution is -2.31. The van der Waals surface area contributed by atoms with Crippen molar-refractivity contribution in [3.8, 4) is 23.1 Å². The van der Waals surface area contributed by atoms with E-state index in [1.165, 1.54) is 4.68 Å². The van der Waals surface area contributed by atoms with E-state index in [2.05, 4.69) is 21.9 Å². The highest BCUT2D eigenvalue weighted by Gasteiger charge is 2.29. The lowest BCUT2D eigenvalue weighted by molar-refractivity contribution is -0.121. The van der Waals surface area contributed by atoms with Gasteiger partial charge in [0.2, 0.25) is 5.91 Å². The molecule has 1 aliphatic carbocycles. The van der Waals surface area contributed by atoms with Crippen molar-refractivity contribution in [1.82, 2.24) is 15.0 Å². The van der Waals surface area contributed by atoms with Crippen LogP contribution in [0, 0.1) is 17.2 Å². The molecule has 1 aliphatic rings. The highest BCUT2D eigenvalue weighted by molar-refractivity contribution is 5.82. The third-order valence-corrected chi connectivity index (χ3v) is 4.97. The predicted octanol–water partition coefficient (Wildman–Crippen LogP) is 2.61. The maximum absolute atomic E-state index is 11.9. The summed E-state index contributed by atoms with van der Waals surface area (Å²) < 4.78 is 7.24. The molecule has 32 heavy (non-hydrogen) atoms. The number of nitrogens with two attached hydrogens (primary N) is 1. The number of nitriles is 1. The number of rotatable bonds is 7. The average Bonchev–Trinajstić information content (AvgIpc) is 3.65. The summed E-state index contributed by atoms with van der Waals surface area (Å²) >= 11 is 0. The Labute approximate surface area is 185 Å². The van der Waals surface area contributed by atoms with Crippen LogP contribution in [0.15, 0.2) is 78.2 Å². The maximum Gasteiger partial charge on any atom is 0.228 e. The monoisotopic (exact) mass is 426 g/mol. The summed E-state index contributed by atoms with van der Waals surface area (Å²) in [5, 5.41) is 11.5. The smallest absolute Gasteiger partial charge is 0.228 e. The Bertz CT molecular complexity index is 1250. The summed E-state index contributed by atoms with van der Waals surface area (Å²) in [5.74, 6) is 7.25. The molecule has 0 bridgehead atoms. The molecule has 1 saturated carbocycles. The Kier molecular flexibility index (Phi) is 5.99. The van der Waals surface area contributed by atoms with Gasteiger partial charge in [0, 0.05) is 23.2 Å². The molecule has 2 aromatic heterocycles. The SMILES string of the molecule is C=C(N=c1cccc(-c2ccc(OCc3ccc(C#N)nc3)cc2)n1N)NC(=O)C1CC1. The van der Waals surface area contributed by atoms with Crippen LogP contribution in [0.25, 0.3) is 11.3 Å². The molecule has 3 N–H and O–H groups in total. The normalized spacial score (nSPS) is 13.3. The number of hydrogen-bond acceptors (Lipinski definition) is 6. The third-order valence-electron chi connectivity index (χ3n) is 4.97. The second kappa shape index (κ2) is 9.18. The third kappa shape index (κ3) is 5.02. The topological polar surface area (TPSA) is 118 Å². The van der Waals surface area contributed by atoms with Gasteiger partial charge in [0.05, 0.1) is 5.69 Å². The van der Waals surface area contributed by atoms with E-state index in [-0.39, 0.29) is 17.6 Å². The number of benzene rings is 1. The molecule has 0 unspecified atom stereocenters. The fraction of sp³-hybridized carbons (Fsp3) is 0.167. The summed E-state index contributed by atoms with van der Waals surface area (Å²) in [5.41, 5.74) is 3.34. The van der Waals surface area contributed by atoms with Crippen LogP contribution in [0.5, 0.6) is 5.75 Å². The highest BCUT2D eigenvalue weighted by Crippen LogP contribution is 2.29. The minimum atomic E-state index is -0.0501. The van der Waals surface area contributed by atoms with E-state index in [9.17, 15) is 4.79 Å². The van der Waals surface area contributed by atoms with Crippen molar-refractivity contribution in [2.45, 2.75) is 19.4 Å². The first kappa shape index (κ1) is 20.9. The van der Waals surface area contributed by atoms with Crippen molar-refractivity contribution in [3.63, 3.8) is 0 Å². The molecule has 1 fully saturated rings. The molecule has 0 spiro atoms. The number of hydrogen-bond donors (Lipinski definition) is 2. The zero-order valence-electron chi connectivity index (χ0n) is 17.4. The number of amides is 1. The van der Waals surface area contributed by atoms with Crippen LogP contribution in [0.2, 0.25) is 0 Å². The van der Waals surface area contributed by atoms with Crippen LogP contribution in [-0.4, -0.2) is 15.6 Å². The van der Waals surface area contributed by atoms with Crippen molar-refractivity contribution in [2.24, 2.45) is 10.9 Å². The molecular weight excluding hydrogens is 404 g/mol. The standard InChI is InChI=1S/C24H22N6O2/c1-16(29-24(31)19-6-7-19)28-23-4-2-3-22(30(23)26)18-8-11-21(12-9-18)32-15-17-5-10-20(13-25)27-14-17/h2-5,8-12,14,19H,1,6-7,15,26H2,(H,29,31). The lowest BCUT2D eigenvalue weighted by Gasteiger charge is -2.11. The van der Waals surface area contributed by atoms with Crippen molar-refractivity contribution in [2.75, 3.05) is 5.84 Å². The highest BCUT2D eigenvalue weighted by atomic mass is 16.5. The van der Waals surface area contributed by atoms with Crippen molar-refractivity contribution >= 4 is 5.91 Å². The van der Waals surface area contributed by atoms with Crippen LogP contribution >= 0.6 is 0 Å². The number of aromatic nitrogens is 2. The first-order valence-electron chi connectivity index (χ1n) is 10.1. The zero-order chi connectivity index (χ0) is 22.5. The fourth-order valence-corrected chi connectivity index (χ4v) is 3.06. The van der Waals surface area contributed by atoms with Crippen LogP contribution in [-0.2, 0) is 11.4 Å². The van der Waals surface area contributed by atoms with Crippen LogP contribution in [0.4, 0.5) is 0 Å². The molecule has 0 atom stereocenters. The summed E-state index contributed by atoms with van der Waals surface area (Å²) in [7, 11) is 0. The largest absolute Gasteiger partial charge is 0.489 e. The molecule has 0 aliphatic heterocycles. The summed E-state index contributed by atoms with van der Waals surface area (Å²) in [6, 6.07) is 18.4. The average molecular weight is 426 g/mol. The molecule has 0 saturated heterocycles. The Morgan fingerprint density at radius 3 is 2.69 bits per heavy atom. The van der Waals surface area contributed by atoms with Gasteiger partial charge in [-0.3, -0.25) is 4.79 Å². The van der Waals surface area contributed by atoms with E-state index in [4.69, 9.17) is 15.8 Å². The summed E-state index contributed by atoms with van der Waals surface area (Å²) in [4.78, 5) is 20.3. The van der Waals surface area contributed by atoms with Crippen molar-refractivity contribution < 1.29 is 9.53 Å². The second-order valence-corrected chi connectivity index (χ2v) is 7.44. The zero-order valence-corrected chi connectivity index (χ0v) is 17.4. The molecule has 1 amide bonds. The number of nitrogens with zero attached hydrogens (tertiary/aromatic N) is 4. The molecule has 3 aromatic rings. The minimum Gasteiger partial charge on any atom is -0.489 e. The second-order valence-electron chi connectivity index (χ2n) is 7.44. The van der Waals surface area contributed by atoms with Gasteiger partial charge in [-0.05, 0) is 55.3 Å². The summed E-state index contributed by atoms with van der Waals surface area (Å²) in [6.07, 6.45) is 3.45. The molecule has 2 heterocycles. The van der Waals surface area contributed by atoms with Crippen LogP contribution in [0.3, 0.4) is 0 Å². The number of ether oxygens (including phenoxy) is 1. The first-order valence-corrected chi connectivity index (χ1v) is 10.1. The number of carbonyl (C=O) groups is 1. The molecule has 1 aromatic carbocycles. The Balaban J connectivity index is 1.45. The lowest BCUT2D eigenvalue weighted by atomic mass is 10.1. The number of nitrogens with one attached hydrogen (secondary N) is 1. The van der Waals surface area contributed by atoms with Gasteiger partial charge in [-0.25, -0.2) is 14.7 Å². The molecule has 8 heteroatoms. The van der Waals surface area contributed by atoms with Gasteiger partial charge in [0.25, 0.3) is 0 Å². The maximum atomic E-state index is 11.9. The number of pyridine rings is 2. The number of nitrogen functional groups attached to an aromatic ring is 1. The van der Waals surface area contributed by atoms with E-state index in [1.807, 2.05) is 48.5 Å². The van der Waals surface area contributed by atoms with Crippen LogP contribution < -0.4 is 21.4 Å². The van der Waals surface area contributed by atoms with Gasteiger partial charge in [-0.2, -0.15) is 5.26 Å².